The topological polar surface area (TPSA) is 82.8 Å². The third-order valence-electron chi connectivity index (χ3n) is 4.73. The first kappa shape index (κ1) is 15.1. The highest BCUT2D eigenvalue weighted by atomic mass is 16.4. The van der Waals surface area contributed by atoms with Crippen molar-refractivity contribution in [1.82, 2.24) is 20.0 Å². The second-order valence-electron chi connectivity index (χ2n) is 6.73. The van der Waals surface area contributed by atoms with E-state index in [2.05, 4.69) is 28.3 Å². The summed E-state index contributed by atoms with van der Waals surface area (Å²) >= 11 is 0. The molecule has 6 heteroatoms. The zero-order valence-corrected chi connectivity index (χ0v) is 13.8. The van der Waals surface area contributed by atoms with Gasteiger partial charge in [0.05, 0.1) is 11.9 Å². The Kier molecular flexibility index (Phi) is 3.69. The number of rotatable bonds is 5. The van der Waals surface area contributed by atoms with Crippen molar-refractivity contribution >= 4 is 0 Å². The second kappa shape index (κ2) is 5.87. The molecule has 0 amide bonds. The number of hydrogen-bond donors (Lipinski definition) is 1. The van der Waals surface area contributed by atoms with Crippen molar-refractivity contribution < 1.29 is 4.42 Å². The van der Waals surface area contributed by atoms with Crippen LogP contribution in [0.3, 0.4) is 0 Å². The van der Waals surface area contributed by atoms with Gasteiger partial charge in [-0.3, -0.25) is 0 Å². The Morgan fingerprint density at radius 3 is 2.88 bits per heavy atom. The van der Waals surface area contributed by atoms with Crippen LogP contribution >= 0.6 is 0 Å². The zero-order chi connectivity index (χ0) is 16.6. The average Bonchev–Trinajstić information content (AvgIpc) is 3.16. The fourth-order valence-corrected chi connectivity index (χ4v) is 3.16. The van der Waals surface area contributed by atoms with Gasteiger partial charge in [0.1, 0.15) is 6.54 Å². The third kappa shape index (κ3) is 2.97. The van der Waals surface area contributed by atoms with Crippen molar-refractivity contribution in [3.05, 3.63) is 53.8 Å². The van der Waals surface area contributed by atoms with Gasteiger partial charge in [-0.25, -0.2) is 9.67 Å². The quantitative estimate of drug-likeness (QED) is 0.780. The van der Waals surface area contributed by atoms with E-state index in [4.69, 9.17) is 10.2 Å². The van der Waals surface area contributed by atoms with Gasteiger partial charge in [-0.15, -0.1) is 5.10 Å². The van der Waals surface area contributed by atoms with Crippen LogP contribution in [0.15, 0.2) is 41.1 Å². The zero-order valence-electron chi connectivity index (χ0n) is 13.8. The van der Waals surface area contributed by atoms with Crippen LogP contribution in [0.5, 0.6) is 0 Å². The van der Waals surface area contributed by atoms with Gasteiger partial charge in [0, 0.05) is 23.7 Å². The molecule has 1 fully saturated rings. The van der Waals surface area contributed by atoms with Gasteiger partial charge in [-0.2, -0.15) is 0 Å². The molecular weight excluding hydrogens is 302 g/mol. The standard InChI is InChI=1S/C18H21N5O/c1-13-5-2-3-6-15(13)16-10-20-17(24-16)12-23-11-14(21-22-23)9-18(19)7-4-8-18/h2-3,5-6,10-11H,4,7-9,12,19H2,1H3. The lowest BCUT2D eigenvalue weighted by Crippen LogP contribution is -2.48. The van der Waals surface area contributed by atoms with Crippen molar-refractivity contribution in [3.8, 4) is 11.3 Å². The van der Waals surface area contributed by atoms with Crippen molar-refractivity contribution in [1.29, 1.82) is 0 Å². The predicted octanol–water partition coefficient (Wildman–Crippen LogP) is 2.71. The molecule has 1 saturated carbocycles. The van der Waals surface area contributed by atoms with E-state index in [1.807, 2.05) is 24.4 Å². The van der Waals surface area contributed by atoms with Crippen LogP contribution in [0.2, 0.25) is 0 Å². The van der Waals surface area contributed by atoms with E-state index in [1.165, 1.54) is 6.42 Å². The van der Waals surface area contributed by atoms with Gasteiger partial charge in [0.2, 0.25) is 5.89 Å². The van der Waals surface area contributed by atoms with Crippen molar-refractivity contribution in [2.45, 2.75) is 44.7 Å². The molecule has 0 aliphatic heterocycles. The van der Waals surface area contributed by atoms with Crippen LogP contribution in [0.1, 0.15) is 36.4 Å². The molecule has 0 atom stereocenters. The van der Waals surface area contributed by atoms with Crippen LogP contribution in [0.25, 0.3) is 11.3 Å². The minimum atomic E-state index is -0.0815. The average molecular weight is 323 g/mol. The van der Waals surface area contributed by atoms with Gasteiger partial charge in [-0.05, 0) is 31.7 Å². The first-order valence-electron chi connectivity index (χ1n) is 8.30. The number of aryl methyl sites for hydroxylation is 1. The first-order valence-corrected chi connectivity index (χ1v) is 8.30. The summed E-state index contributed by atoms with van der Waals surface area (Å²) in [6, 6.07) is 8.10. The molecule has 2 heterocycles. The monoisotopic (exact) mass is 323 g/mol. The van der Waals surface area contributed by atoms with Crippen LogP contribution in [0, 0.1) is 6.92 Å². The summed E-state index contributed by atoms with van der Waals surface area (Å²) in [5.41, 5.74) is 9.35. The summed E-state index contributed by atoms with van der Waals surface area (Å²) in [5.74, 6) is 1.40. The second-order valence-corrected chi connectivity index (χ2v) is 6.73. The Balaban J connectivity index is 1.46. The summed E-state index contributed by atoms with van der Waals surface area (Å²) in [4.78, 5) is 4.36. The maximum atomic E-state index is 6.27. The maximum Gasteiger partial charge on any atom is 0.216 e. The molecule has 1 aliphatic carbocycles. The fraction of sp³-hybridized carbons (Fsp3) is 0.389. The Labute approximate surface area is 140 Å². The summed E-state index contributed by atoms with van der Waals surface area (Å²) < 4.78 is 7.63. The highest BCUT2D eigenvalue weighted by molar-refractivity contribution is 5.60. The van der Waals surface area contributed by atoms with Crippen molar-refractivity contribution in [2.24, 2.45) is 5.73 Å². The van der Waals surface area contributed by atoms with Crippen LogP contribution in [-0.2, 0) is 13.0 Å². The molecule has 1 aliphatic rings. The number of nitrogens with zero attached hydrogens (tertiary/aromatic N) is 4. The Morgan fingerprint density at radius 1 is 1.29 bits per heavy atom. The summed E-state index contributed by atoms with van der Waals surface area (Å²) in [6.07, 6.45) is 7.83. The van der Waals surface area contributed by atoms with E-state index >= 15 is 0 Å². The largest absolute Gasteiger partial charge is 0.439 e. The van der Waals surface area contributed by atoms with E-state index in [1.54, 1.807) is 10.9 Å². The predicted molar refractivity (Wildman–Crippen MR) is 90.3 cm³/mol. The normalized spacial score (nSPS) is 16.1. The lowest BCUT2D eigenvalue weighted by Gasteiger charge is -2.37. The number of benzene rings is 1. The molecule has 0 unspecified atom stereocenters. The van der Waals surface area contributed by atoms with Gasteiger partial charge < -0.3 is 10.2 Å². The van der Waals surface area contributed by atoms with Crippen molar-refractivity contribution in [3.63, 3.8) is 0 Å². The summed E-state index contributed by atoms with van der Waals surface area (Å²) in [6.45, 7) is 2.53. The molecule has 0 bridgehead atoms. The smallest absolute Gasteiger partial charge is 0.216 e. The number of oxazole rings is 1. The number of nitrogens with two attached hydrogens (primary N) is 1. The minimum Gasteiger partial charge on any atom is -0.439 e. The van der Waals surface area contributed by atoms with Crippen LogP contribution in [-0.4, -0.2) is 25.5 Å². The van der Waals surface area contributed by atoms with Gasteiger partial charge in [-0.1, -0.05) is 29.5 Å². The molecule has 6 nitrogen and oxygen atoms in total. The van der Waals surface area contributed by atoms with Crippen LogP contribution < -0.4 is 5.73 Å². The molecule has 1 aromatic carbocycles. The number of hydrogen-bond acceptors (Lipinski definition) is 5. The molecule has 2 aromatic heterocycles. The number of aromatic nitrogens is 4. The highest BCUT2D eigenvalue weighted by Crippen LogP contribution is 2.31. The SMILES string of the molecule is Cc1ccccc1-c1cnc(Cn2cc(CC3(N)CCC3)nn2)o1. The molecule has 3 aromatic rings. The molecule has 24 heavy (non-hydrogen) atoms. The molecule has 0 spiro atoms. The first-order chi connectivity index (χ1) is 11.6. The maximum absolute atomic E-state index is 6.27. The Morgan fingerprint density at radius 2 is 2.12 bits per heavy atom. The van der Waals surface area contributed by atoms with E-state index in [9.17, 15) is 0 Å². The third-order valence-corrected chi connectivity index (χ3v) is 4.73. The molecule has 0 radical (unpaired) electrons. The van der Waals surface area contributed by atoms with E-state index in [0.717, 1.165) is 41.8 Å². The molecule has 2 N–H and O–H groups in total. The molecule has 0 saturated heterocycles. The van der Waals surface area contributed by atoms with Gasteiger partial charge >= 0.3 is 0 Å². The lowest BCUT2D eigenvalue weighted by atomic mass is 9.75. The van der Waals surface area contributed by atoms with Gasteiger partial charge in [0.15, 0.2) is 5.76 Å². The van der Waals surface area contributed by atoms with E-state index in [-0.39, 0.29) is 5.54 Å². The fourth-order valence-electron chi connectivity index (χ4n) is 3.16. The molecular formula is C18H21N5O. The highest BCUT2D eigenvalue weighted by Gasteiger charge is 2.33. The summed E-state index contributed by atoms with van der Waals surface area (Å²) in [5, 5.41) is 8.39. The lowest BCUT2D eigenvalue weighted by molar-refractivity contribution is 0.245. The Hall–Kier alpha value is -2.47. The summed E-state index contributed by atoms with van der Waals surface area (Å²) in [7, 11) is 0. The minimum absolute atomic E-state index is 0.0815. The van der Waals surface area contributed by atoms with E-state index in [0.29, 0.717) is 12.4 Å². The van der Waals surface area contributed by atoms with Crippen molar-refractivity contribution in [2.75, 3.05) is 0 Å². The van der Waals surface area contributed by atoms with Crippen LogP contribution in [0.4, 0.5) is 0 Å². The molecule has 124 valence electrons. The van der Waals surface area contributed by atoms with E-state index < -0.39 is 0 Å². The molecule has 4 rings (SSSR count). The van der Waals surface area contributed by atoms with Gasteiger partial charge in [0.25, 0.3) is 0 Å². The Bertz CT molecular complexity index is 846.